The van der Waals surface area contributed by atoms with Crippen molar-refractivity contribution in [2.75, 3.05) is 0 Å². The summed E-state index contributed by atoms with van der Waals surface area (Å²) in [6.07, 6.45) is -11.1. The third kappa shape index (κ3) is 4.57. The number of primary sulfonamides is 1. The van der Waals surface area contributed by atoms with Crippen LogP contribution in [0.25, 0.3) is 22.3 Å². The molecule has 0 atom stereocenters. The number of nitrogens with two attached hydrogens (primary N) is 1. The van der Waals surface area contributed by atoms with E-state index in [9.17, 15) is 39.2 Å². The van der Waals surface area contributed by atoms with E-state index in [1.54, 1.807) is 0 Å². The summed E-state index contributed by atoms with van der Waals surface area (Å²) in [4.78, 5) is -1.14. The molecule has 0 bridgehead atoms. The number of alkyl halides is 6. The van der Waals surface area contributed by atoms with Crippen LogP contribution in [0.2, 0.25) is 0 Å². The predicted octanol–water partition coefficient (Wildman–Crippen LogP) is 5.84. The van der Waals surface area contributed by atoms with Crippen LogP contribution in [0.3, 0.4) is 0 Å². The summed E-state index contributed by atoms with van der Waals surface area (Å²) in [6.45, 7) is 0. The minimum absolute atomic E-state index is 0.421. The third-order valence-electron chi connectivity index (χ3n) is 4.38. The lowest BCUT2D eigenvalue weighted by Gasteiger charge is -2.25. The summed E-state index contributed by atoms with van der Waals surface area (Å²) in [7, 11) is -4.91. The quantitative estimate of drug-likeness (QED) is 0.496. The maximum absolute atomic E-state index is 14.1. The van der Waals surface area contributed by atoms with E-state index < -0.39 is 66.5 Å². The molecule has 0 aliphatic carbocycles. The van der Waals surface area contributed by atoms with Crippen molar-refractivity contribution in [3.05, 3.63) is 77.6 Å². The summed E-state index contributed by atoms with van der Waals surface area (Å²) in [5, 5.41) is 5.10. The fourth-order valence-corrected chi connectivity index (χ4v) is 4.00. The van der Waals surface area contributed by atoms with Crippen molar-refractivity contribution in [2.24, 2.45) is 5.14 Å². The highest BCUT2D eigenvalue weighted by Crippen LogP contribution is 2.51. The molecule has 0 radical (unpaired) electrons. The van der Waals surface area contributed by atoms with Crippen LogP contribution in [0.1, 0.15) is 11.1 Å². The lowest BCUT2D eigenvalue weighted by Crippen LogP contribution is -2.23. The summed E-state index contributed by atoms with van der Waals surface area (Å²) in [5.74, 6) is -0.846. The van der Waals surface area contributed by atoms with Crippen LogP contribution in [-0.4, -0.2) is 8.42 Å². The van der Waals surface area contributed by atoms with Gasteiger partial charge >= 0.3 is 12.4 Å². The molecule has 11 heteroatoms. The maximum atomic E-state index is 14.1. The van der Waals surface area contributed by atoms with E-state index in [-0.39, 0.29) is 0 Å². The van der Waals surface area contributed by atoms with E-state index in [1.807, 2.05) is 0 Å². The zero-order valence-corrected chi connectivity index (χ0v) is 16.0. The molecule has 0 aromatic heterocycles. The Hall–Kier alpha value is -2.92. The number of rotatable bonds is 3. The minimum atomic E-state index is -5.61. The Labute approximate surface area is 172 Å². The number of hydrogen-bond acceptors (Lipinski definition) is 2. The summed E-state index contributed by atoms with van der Waals surface area (Å²) in [6, 6.07) is 9.49. The van der Waals surface area contributed by atoms with Gasteiger partial charge in [-0.3, -0.25) is 0 Å². The first-order valence-corrected chi connectivity index (χ1v) is 9.95. The van der Waals surface area contributed by atoms with Crippen LogP contribution in [0.4, 0.5) is 30.7 Å². The van der Waals surface area contributed by atoms with Gasteiger partial charge in [-0.1, -0.05) is 42.5 Å². The van der Waals surface area contributed by atoms with Gasteiger partial charge in [0.25, 0.3) is 0 Å². The molecule has 0 fully saturated rings. The van der Waals surface area contributed by atoms with Gasteiger partial charge in [-0.2, -0.15) is 26.3 Å². The SMILES string of the molecule is NS(=O)(=O)c1cc(-c2ccc(F)cc2)c(C(F)(F)F)c(C(F)(F)F)c1-c1ccccc1. The molecule has 3 aromatic carbocycles. The molecule has 0 saturated carbocycles. The first-order valence-electron chi connectivity index (χ1n) is 8.41. The molecule has 0 saturated heterocycles. The summed E-state index contributed by atoms with van der Waals surface area (Å²) < 4.78 is 122. The van der Waals surface area contributed by atoms with Crippen molar-refractivity contribution >= 4 is 10.0 Å². The summed E-state index contributed by atoms with van der Waals surface area (Å²) >= 11 is 0. The highest BCUT2D eigenvalue weighted by Gasteiger charge is 2.48. The Balaban J connectivity index is 2.64. The van der Waals surface area contributed by atoms with Crippen molar-refractivity contribution in [1.82, 2.24) is 0 Å². The molecule has 0 spiro atoms. The monoisotopic (exact) mass is 463 g/mol. The van der Waals surface area contributed by atoms with Gasteiger partial charge in [0.1, 0.15) is 5.82 Å². The molecule has 0 aliphatic rings. The molecule has 31 heavy (non-hydrogen) atoms. The van der Waals surface area contributed by atoms with Crippen LogP contribution in [-0.2, 0) is 22.4 Å². The molecule has 0 amide bonds. The lowest BCUT2D eigenvalue weighted by atomic mass is 9.88. The van der Waals surface area contributed by atoms with E-state index in [2.05, 4.69) is 0 Å². The van der Waals surface area contributed by atoms with E-state index >= 15 is 0 Å². The molecular formula is C20H12F7NO2S. The molecule has 0 unspecified atom stereocenters. The van der Waals surface area contributed by atoms with Crippen molar-refractivity contribution in [3.8, 4) is 22.3 Å². The van der Waals surface area contributed by atoms with E-state index in [0.717, 1.165) is 36.4 Å². The van der Waals surface area contributed by atoms with Crippen LogP contribution >= 0.6 is 0 Å². The second-order valence-corrected chi connectivity index (χ2v) is 7.99. The predicted molar refractivity (Wildman–Crippen MR) is 98.6 cm³/mol. The maximum Gasteiger partial charge on any atom is 0.417 e. The average Bonchev–Trinajstić information content (AvgIpc) is 2.65. The molecule has 3 nitrogen and oxygen atoms in total. The Morgan fingerprint density at radius 2 is 1.23 bits per heavy atom. The van der Waals surface area contributed by atoms with Gasteiger partial charge in [-0.05, 0) is 34.9 Å². The normalized spacial score (nSPS) is 12.8. The zero-order chi connectivity index (χ0) is 23.2. The highest BCUT2D eigenvalue weighted by atomic mass is 32.2. The molecular weight excluding hydrogens is 451 g/mol. The lowest BCUT2D eigenvalue weighted by molar-refractivity contribution is -0.161. The van der Waals surface area contributed by atoms with Crippen molar-refractivity contribution in [2.45, 2.75) is 17.2 Å². The summed E-state index contributed by atoms with van der Waals surface area (Å²) in [5.41, 5.74) is -7.49. The van der Waals surface area contributed by atoms with Gasteiger partial charge in [-0.25, -0.2) is 17.9 Å². The van der Waals surface area contributed by atoms with Crippen molar-refractivity contribution in [3.63, 3.8) is 0 Å². The fourth-order valence-electron chi connectivity index (χ4n) is 3.21. The topological polar surface area (TPSA) is 60.2 Å². The number of hydrogen-bond donors (Lipinski definition) is 1. The van der Waals surface area contributed by atoms with Crippen LogP contribution in [0.15, 0.2) is 65.6 Å². The van der Waals surface area contributed by atoms with E-state index in [1.165, 1.54) is 18.2 Å². The molecule has 3 aromatic rings. The van der Waals surface area contributed by atoms with Gasteiger partial charge in [0.2, 0.25) is 10.0 Å². The second-order valence-electron chi connectivity index (χ2n) is 6.46. The molecule has 164 valence electrons. The van der Waals surface area contributed by atoms with Crippen molar-refractivity contribution in [1.29, 1.82) is 0 Å². The molecule has 0 aliphatic heterocycles. The van der Waals surface area contributed by atoms with Crippen LogP contribution in [0.5, 0.6) is 0 Å². The average molecular weight is 463 g/mol. The van der Waals surface area contributed by atoms with E-state index in [0.29, 0.717) is 6.07 Å². The first kappa shape index (κ1) is 22.8. The second kappa shape index (κ2) is 7.65. The molecule has 2 N–H and O–H groups in total. The number of benzene rings is 3. The highest BCUT2D eigenvalue weighted by molar-refractivity contribution is 7.89. The smallest absolute Gasteiger partial charge is 0.225 e. The Morgan fingerprint density at radius 3 is 1.68 bits per heavy atom. The number of sulfonamides is 1. The van der Waals surface area contributed by atoms with Crippen LogP contribution < -0.4 is 5.14 Å². The van der Waals surface area contributed by atoms with Crippen LogP contribution in [0, 0.1) is 5.82 Å². The first-order chi connectivity index (χ1) is 14.2. The Morgan fingerprint density at radius 1 is 0.710 bits per heavy atom. The van der Waals surface area contributed by atoms with Gasteiger partial charge < -0.3 is 0 Å². The van der Waals surface area contributed by atoms with Gasteiger partial charge in [0, 0.05) is 5.56 Å². The molecule has 0 heterocycles. The van der Waals surface area contributed by atoms with Crippen molar-refractivity contribution < 1.29 is 39.2 Å². The minimum Gasteiger partial charge on any atom is -0.225 e. The standard InChI is InChI=1S/C20H12F7NO2S/c21-13-8-6-11(7-9-13)14-10-15(31(28,29)30)16(12-4-2-1-3-5-12)18(20(25,26)27)17(14)19(22,23)24/h1-10H,(H2,28,29,30). The van der Waals surface area contributed by atoms with Gasteiger partial charge in [0.05, 0.1) is 16.0 Å². The largest absolute Gasteiger partial charge is 0.417 e. The third-order valence-corrected chi connectivity index (χ3v) is 5.32. The zero-order valence-electron chi connectivity index (χ0n) is 15.2. The number of halogens is 7. The van der Waals surface area contributed by atoms with Gasteiger partial charge in [0.15, 0.2) is 0 Å². The van der Waals surface area contributed by atoms with Gasteiger partial charge in [-0.15, -0.1) is 0 Å². The van der Waals surface area contributed by atoms with E-state index in [4.69, 9.17) is 5.14 Å². The Kier molecular flexibility index (Phi) is 5.61. The Bertz CT molecular complexity index is 1220. The molecule has 3 rings (SSSR count). The fraction of sp³-hybridized carbons (Fsp3) is 0.100.